The number of ether oxygens (including phenoxy) is 4. The van der Waals surface area contributed by atoms with Gasteiger partial charge in [-0.1, -0.05) is 6.07 Å². The molecule has 1 aromatic carbocycles. The number of benzene rings is 1. The predicted molar refractivity (Wildman–Crippen MR) is 119 cm³/mol. The summed E-state index contributed by atoms with van der Waals surface area (Å²) in [4.78, 5) is 30.9. The van der Waals surface area contributed by atoms with Crippen molar-refractivity contribution in [2.24, 2.45) is 10.9 Å². The van der Waals surface area contributed by atoms with Gasteiger partial charge in [-0.15, -0.1) is 0 Å². The maximum absolute atomic E-state index is 12.9. The van der Waals surface area contributed by atoms with E-state index < -0.39 is 5.92 Å². The Bertz CT molecular complexity index is 1050. The molecular weight excluding hydrogens is 434 g/mol. The number of hydrogen-bond donors (Lipinski definition) is 1. The summed E-state index contributed by atoms with van der Waals surface area (Å²) >= 11 is 5.28. The summed E-state index contributed by atoms with van der Waals surface area (Å²) in [5, 5.41) is 3.01. The first kappa shape index (κ1) is 21.8. The van der Waals surface area contributed by atoms with E-state index in [1.165, 1.54) is 4.90 Å². The van der Waals surface area contributed by atoms with Gasteiger partial charge in [-0.3, -0.25) is 14.5 Å². The average Bonchev–Trinajstić information content (AvgIpc) is 3.25. The number of carbonyl (C=O) groups is 2. The molecule has 0 aromatic heterocycles. The normalized spacial score (nSPS) is 19.0. The number of nitrogens with zero attached hydrogens (tertiary/aromatic N) is 2. The molecule has 2 heterocycles. The van der Waals surface area contributed by atoms with Crippen LogP contribution in [0.25, 0.3) is 0 Å². The summed E-state index contributed by atoms with van der Waals surface area (Å²) in [5.41, 5.74) is 1.54. The number of thiocarbonyl (C=S) groups is 1. The SMILES string of the molecule is COc1ccc(CCNC(=O)CCN2C(=O)C3C=C4OCOC4=CC3=NC2=S)cc1OC. The third-order valence-electron chi connectivity index (χ3n) is 5.32. The Morgan fingerprint density at radius 2 is 2.03 bits per heavy atom. The van der Waals surface area contributed by atoms with Gasteiger partial charge in [0.2, 0.25) is 23.7 Å². The first-order valence-corrected chi connectivity index (χ1v) is 10.5. The Hall–Kier alpha value is -3.40. The van der Waals surface area contributed by atoms with E-state index in [-0.39, 0.29) is 36.7 Å². The van der Waals surface area contributed by atoms with Crippen LogP contribution in [-0.2, 0) is 25.5 Å². The van der Waals surface area contributed by atoms with Crippen LogP contribution in [0.2, 0.25) is 0 Å². The van der Waals surface area contributed by atoms with E-state index in [0.29, 0.717) is 41.7 Å². The van der Waals surface area contributed by atoms with E-state index in [1.54, 1.807) is 26.4 Å². The molecule has 32 heavy (non-hydrogen) atoms. The summed E-state index contributed by atoms with van der Waals surface area (Å²) in [6, 6.07) is 5.63. The molecule has 1 fully saturated rings. The van der Waals surface area contributed by atoms with E-state index in [0.717, 1.165) is 5.56 Å². The first-order chi connectivity index (χ1) is 15.5. The lowest BCUT2D eigenvalue weighted by Gasteiger charge is -2.30. The molecular formula is C22H23N3O6S. The van der Waals surface area contributed by atoms with E-state index in [4.69, 9.17) is 31.2 Å². The number of hydrogen-bond acceptors (Lipinski definition) is 7. The molecule has 1 unspecified atom stereocenters. The molecule has 1 aliphatic carbocycles. The second-order valence-corrected chi connectivity index (χ2v) is 7.64. The number of methoxy groups -OCH3 is 2. The van der Waals surface area contributed by atoms with Crippen LogP contribution in [0.4, 0.5) is 0 Å². The second-order valence-electron chi connectivity index (χ2n) is 7.27. The van der Waals surface area contributed by atoms with Crippen molar-refractivity contribution in [2.45, 2.75) is 12.8 Å². The molecule has 2 aliphatic heterocycles. The van der Waals surface area contributed by atoms with Crippen LogP contribution in [0.3, 0.4) is 0 Å². The highest BCUT2D eigenvalue weighted by Crippen LogP contribution is 2.31. The van der Waals surface area contributed by atoms with Gasteiger partial charge in [0.25, 0.3) is 0 Å². The van der Waals surface area contributed by atoms with Crippen molar-refractivity contribution in [3.8, 4) is 11.5 Å². The summed E-state index contributed by atoms with van der Waals surface area (Å²) in [6.45, 7) is 0.725. The fourth-order valence-corrected chi connectivity index (χ4v) is 3.91. The maximum Gasteiger partial charge on any atom is 0.241 e. The molecule has 1 saturated heterocycles. The quantitative estimate of drug-likeness (QED) is 0.594. The van der Waals surface area contributed by atoms with Gasteiger partial charge in [-0.25, -0.2) is 4.99 Å². The zero-order chi connectivity index (χ0) is 22.7. The van der Waals surface area contributed by atoms with Crippen molar-refractivity contribution in [1.82, 2.24) is 10.2 Å². The van der Waals surface area contributed by atoms with Crippen molar-refractivity contribution in [3.05, 3.63) is 47.4 Å². The zero-order valence-corrected chi connectivity index (χ0v) is 18.6. The molecule has 3 aliphatic rings. The number of amides is 2. The Balaban J connectivity index is 1.28. The Kier molecular flexibility index (Phi) is 6.40. The molecule has 0 radical (unpaired) electrons. The van der Waals surface area contributed by atoms with Crippen molar-refractivity contribution in [1.29, 1.82) is 0 Å². The summed E-state index contributed by atoms with van der Waals surface area (Å²) < 4.78 is 21.2. The first-order valence-electron chi connectivity index (χ1n) is 10.1. The minimum Gasteiger partial charge on any atom is -0.493 e. The molecule has 168 valence electrons. The van der Waals surface area contributed by atoms with Crippen molar-refractivity contribution >= 4 is 34.9 Å². The van der Waals surface area contributed by atoms with Gasteiger partial charge < -0.3 is 24.3 Å². The van der Waals surface area contributed by atoms with Gasteiger partial charge in [-0.2, -0.15) is 0 Å². The highest BCUT2D eigenvalue weighted by Gasteiger charge is 2.38. The Labute approximate surface area is 190 Å². The van der Waals surface area contributed by atoms with Gasteiger partial charge in [0.15, 0.2) is 23.0 Å². The molecule has 10 heteroatoms. The number of rotatable bonds is 8. The number of nitrogens with one attached hydrogen (secondary N) is 1. The smallest absolute Gasteiger partial charge is 0.241 e. The van der Waals surface area contributed by atoms with E-state index >= 15 is 0 Å². The molecule has 4 rings (SSSR count). The lowest BCUT2D eigenvalue weighted by Crippen LogP contribution is -2.47. The van der Waals surface area contributed by atoms with Crippen LogP contribution < -0.4 is 14.8 Å². The van der Waals surface area contributed by atoms with Crippen molar-refractivity contribution in [3.63, 3.8) is 0 Å². The number of aliphatic imine (C=N–C) groups is 1. The van der Waals surface area contributed by atoms with Crippen LogP contribution in [0.5, 0.6) is 11.5 Å². The summed E-state index contributed by atoms with van der Waals surface area (Å²) in [5.74, 6) is 1.39. The molecule has 2 amide bonds. The highest BCUT2D eigenvalue weighted by atomic mass is 32.1. The number of fused-ring (bicyclic) bond motifs is 2. The molecule has 0 bridgehead atoms. The zero-order valence-electron chi connectivity index (χ0n) is 17.8. The Morgan fingerprint density at radius 3 is 2.81 bits per heavy atom. The lowest BCUT2D eigenvalue weighted by molar-refractivity contribution is -0.129. The number of allylic oxidation sites excluding steroid dienone is 1. The number of carbonyl (C=O) groups excluding carboxylic acids is 2. The molecule has 1 atom stereocenters. The van der Waals surface area contributed by atoms with Gasteiger partial charge in [-0.05, 0) is 42.4 Å². The molecule has 1 aromatic rings. The second kappa shape index (κ2) is 9.39. The standard InChI is InChI=1S/C22H23N3O6S/c1-28-16-4-3-13(9-17(16)29-2)5-7-23-20(26)6-8-25-21(27)14-10-18-19(31-12-30-18)11-15(14)24-22(25)32/h3-4,9-11,14H,5-8,12H2,1-2H3,(H,23,26). The Morgan fingerprint density at radius 1 is 1.25 bits per heavy atom. The van der Waals surface area contributed by atoms with Crippen LogP contribution in [-0.4, -0.2) is 61.6 Å². The van der Waals surface area contributed by atoms with Gasteiger partial charge >= 0.3 is 0 Å². The van der Waals surface area contributed by atoms with Crippen LogP contribution in [0.1, 0.15) is 12.0 Å². The third-order valence-corrected chi connectivity index (χ3v) is 5.63. The van der Waals surface area contributed by atoms with Crippen LogP contribution in [0.15, 0.2) is 46.9 Å². The van der Waals surface area contributed by atoms with E-state index in [1.807, 2.05) is 18.2 Å². The average molecular weight is 458 g/mol. The van der Waals surface area contributed by atoms with Crippen molar-refractivity contribution < 1.29 is 28.5 Å². The monoisotopic (exact) mass is 457 g/mol. The van der Waals surface area contributed by atoms with Gasteiger partial charge in [0.05, 0.1) is 19.9 Å². The molecule has 1 N–H and O–H groups in total. The van der Waals surface area contributed by atoms with Gasteiger partial charge in [0, 0.05) is 25.6 Å². The summed E-state index contributed by atoms with van der Waals surface area (Å²) in [7, 11) is 3.16. The largest absolute Gasteiger partial charge is 0.493 e. The highest BCUT2D eigenvalue weighted by molar-refractivity contribution is 7.80. The van der Waals surface area contributed by atoms with Crippen molar-refractivity contribution in [2.75, 3.05) is 34.1 Å². The van der Waals surface area contributed by atoms with E-state index in [2.05, 4.69) is 10.3 Å². The maximum atomic E-state index is 12.9. The fourth-order valence-electron chi connectivity index (χ4n) is 3.63. The molecule has 0 saturated carbocycles. The molecule has 9 nitrogen and oxygen atoms in total. The third kappa shape index (κ3) is 4.45. The topological polar surface area (TPSA) is 98.7 Å². The van der Waals surface area contributed by atoms with Gasteiger partial charge in [0.1, 0.15) is 5.92 Å². The van der Waals surface area contributed by atoms with E-state index in [9.17, 15) is 9.59 Å². The molecule has 0 spiro atoms. The summed E-state index contributed by atoms with van der Waals surface area (Å²) in [6.07, 6.45) is 4.11. The minimum absolute atomic E-state index is 0.115. The van der Waals surface area contributed by atoms with Crippen LogP contribution >= 0.6 is 12.2 Å². The van der Waals surface area contributed by atoms with Crippen LogP contribution in [0, 0.1) is 5.92 Å². The predicted octanol–water partition coefficient (Wildman–Crippen LogP) is 1.72. The minimum atomic E-state index is -0.588. The fraction of sp³-hybridized carbons (Fsp3) is 0.364. The lowest BCUT2D eigenvalue weighted by atomic mass is 9.94.